The van der Waals surface area contributed by atoms with Crippen LogP contribution in [-0.4, -0.2) is 42.0 Å². The van der Waals surface area contributed by atoms with Gasteiger partial charge in [-0.3, -0.25) is 0 Å². The zero-order valence-electron chi connectivity index (χ0n) is 20.0. The average molecular weight is 478 g/mol. The number of ether oxygens (including phenoxy) is 3. The summed E-state index contributed by atoms with van der Waals surface area (Å²) in [7, 11) is 3.66. The van der Waals surface area contributed by atoms with Crippen molar-refractivity contribution in [3.8, 4) is 17.2 Å². The number of nitrogens with one attached hydrogen (secondary N) is 1. The van der Waals surface area contributed by atoms with Crippen molar-refractivity contribution in [3.63, 3.8) is 0 Å². The van der Waals surface area contributed by atoms with Crippen LogP contribution >= 0.6 is 0 Å². The molecule has 1 aliphatic heterocycles. The van der Waals surface area contributed by atoms with Crippen LogP contribution in [-0.2, 0) is 13.0 Å². The number of methoxy groups -OCH3 is 1. The highest BCUT2D eigenvalue weighted by molar-refractivity contribution is 5.72. The van der Waals surface area contributed by atoms with Gasteiger partial charge in [-0.25, -0.2) is 9.37 Å². The normalized spacial score (nSPS) is 12.6. The van der Waals surface area contributed by atoms with Gasteiger partial charge < -0.3 is 24.4 Å². The van der Waals surface area contributed by atoms with Gasteiger partial charge >= 0.3 is 0 Å². The molecule has 1 aliphatic rings. The molecule has 182 valence electrons. The summed E-state index contributed by atoms with van der Waals surface area (Å²) in [6.45, 7) is 3.56. The summed E-state index contributed by atoms with van der Waals surface area (Å²) in [6, 6.07) is 12.6. The number of nitrogens with zero attached hydrogens (tertiary/aromatic N) is 4. The fourth-order valence-electron chi connectivity index (χ4n) is 4.21. The third-order valence-corrected chi connectivity index (χ3v) is 5.88. The van der Waals surface area contributed by atoms with Crippen molar-refractivity contribution in [1.29, 1.82) is 0 Å². The van der Waals surface area contributed by atoms with Crippen molar-refractivity contribution >= 4 is 23.0 Å². The van der Waals surface area contributed by atoms with Gasteiger partial charge in [0, 0.05) is 37.4 Å². The Bertz CT molecular complexity index is 1340. The number of hydrogen-bond donors (Lipinski definition) is 1. The first-order chi connectivity index (χ1) is 17.1. The quantitative estimate of drug-likeness (QED) is 0.384. The molecular weight excluding hydrogens is 449 g/mol. The molecule has 4 aromatic rings. The Hall–Kier alpha value is -4.01. The maximum absolute atomic E-state index is 14.3. The van der Waals surface area contributed by atoms with Gasteiger partial charge in [-0.1, -0.05) is 25.5 Å². The summed E-state index contributed by atoms with van der Waals surface area (Å²) in [5.74, 6) is 2.68. The zero-order chi connectivity index (χ0) is 24.4. The fraction of sp³-hybridized carbons (Fsp3) is 0.308. The summed E-state index contributed by atoms with van der Waals surface area (Å²) in [4.78, 5) is 6.93. The molecule has 9 heteroatoms. The van der Waals surface area contributed by atoms with Crippen LogP contribution in [0.25, 0.3) is 5.65 Å². The molecule has 2 aromatic heterocycles. The summed E-state index contributed by atoms with van der Waals surface area (Å²) < 4.78 is 32.8. The van der Waals surface area contributed by atoms with E-state index in [1.165, 1.54) is 12.1 Å². The van der Waals surface area contributed by atoms with Crippen molar-refractivity contribution in [1.82, 2.24) is 14.6 Å². The van der Waals surface area contributed by atoms with E-state index in [1.54, 1.807) is 7.11 Å². The van der Waals surface area contributed by atoms with Crippen LogP contribution < -0.4 is 24.4 Å². The molecule has 1 N–H and O–H groups in total. The Labute approximate surface area is 203 Å². The van der Waals surface area contributed by atoms with E-state index in [4.69, 9.17) is 19.2 Å². The number of anilines is 3. The van der Waals surface area contributed by atoms with E-state index in [0.29, 0.717) is 42.8 Å². The zero-order valence-corrected chi connectivity index (χ0v) is 20.0. The Morgan fingerprint density at radius 2 is 1.94 bits per heavy atom. The second-order valence-corrected chi connectivity index (χ2v) is 8.46. The lowest BCUT2D eigenvalue weighted by Gasteiger charge is -2.23. The maximum atomic E-state index is 14.3. The van der Waals surface area contributed by atoms with Crippen molar-refractivity contribution in [2.75, 3.05) is 37.6 Å². The van der Waals surface area contributed by atoms with Crippen LogP contribution in [0.3, 0.4) is 0 Å². The van der Waals surface area contributed by atoms with Gasteiger partial charge in [0.15, 0.2) is 17.1 Å². The van der Waals surface area contributed by atoms with Crippen LogP contribution in [0.4, 0.5) is 21.7 Å². The third-order valence-electron chi connectivity index (χ3n) is 5.88. The highest BCUT2D eigenvalue weighted by Gasteiger charge is 2.20. The number of benzene rings is 2. The van der Waals surface area contributed by atoms with Crippen molar-refractivity contribution < 1.29 is 18.6 Å². The molecule has 2 aromatic carbocycles. The molecule has 0 unspecified atom stereocenters. The molecule has 35 heavy (non-hydrogen) atoms. The molecule has 0 saturated carbocycles. The monoisotopic (exact) mass is 477 g/mol. The lowest BCUT2D eigenvalue weighted by atomic mass is 10.2. The van der Waals surface area contributed by atoms with Crippen molar-refractivity contribution in [2.24, 2.45) is 0 Å². The van der Waals surface area contributed by atoms with E-state index in [1.807, 2.05) is 48.1 Å². The molecule has 5 rings (SSSR count). The summed E-state index contributed by atoms with van der Waals surface area (Å²) in [5.41, 5.74) is 3.40. The Morgan fingerprint density at radius 3 is 2.71 bits per heavy atom. The Balaban J connectivity index is 1.53. The van der Waals surface area contributed by atoms with Crippen LogP contribution in [0.2, 0.25) is 0 Å². The van der Waals surface area contributed by atoms with Gasteiger partial charge in [0.05, 0.1) is 19.0 Å². The number of fused-ring (bicyclic) bond motifs is 2. The first-order valence-electron chi connectivity index (χ1n) is 11.6. The second-order valence-electron chi connectivity index (χ2n) is 8.46. The molecule has 0 saturated heterocycles. The number of aromatic nitrogens is 3. The number of rotatable bonds is 8. The molecule has 0 fully saturated rings. The largest absolute Gasteiger partial charge is 0.497 e. The van der Waals surface area contributed by atoms with Crippen LogP contribution in [0.1, 0.15) is 24.5 Å². The van der Waals surface area contributed by atoms with E-state index >= 15 is 0 Å². The van der Waals surface area contributed by atoms with Gasteiger partial charge in [-0.2, -0.15) is 9.61 Å². The molecule has 0 aliphatic carbocycles. The van der Waals surface area contributed by atoms with E-state index in [2.05, 4.69) is 22.2 Å². The van der Waals surface area contributed by atoms with Gasteiger partial charge in [-0.15, -0.1) is 0 Å². The van der Waals surface area contributed by atoms with Gasteiger partial charge in [0.1, 0.15) is 36.4 Å². The first-order valence-corrected chi connectivity index (χ1v) is 11.6. The second kappa shape index (κ2) is 9.69. The summed E-state index contributed by atoms with van der Waals surface area (Å²) >= 11 is 0. The molecule has 0 amide bonds. The molecule has 3 heterocycles. The van der Waals surface area contributed by atoms with E-state index in [0.717, 1.165) is 41.2 Å². The van der Waals surface area contributed by atoms with E-state index in [9.17, 15) is 4.39 Å². The first kappa shape index (κ1) is 22.8. The third kappa shape index (κ3) is 4.66. The topological polar surface area (TPSA) is 73.2 Å². The Kier molecular flexibility index (Phi) is 6.31. The number of aryl methyl sites for hydroxylation is 1. The van der Waals surface area contributed by atoms with Gasteiger partial charge in [0.2, 0.25) is 0 Å². The number of hydrogen-bond acceptors (Lipinski definition) is 7. The van der Waals surface area contributed by atoms with Gasteiger partial charge in [0.25, 0.3) is 0 Å². The predicted octanol–water partition coefficient (Wildman–Crippen LogP) is 4.98. The standard InChI is InChI=1S/C26H28FN5O3/c1-4-5-18-15-28-32-24(31(2)16-17-6-8-20(33-3)9-7-17)14-23(30-26(18)32)29-21-12-19(27)13-22-25(21)35-11-10-34-22/h6-9,12-15H,4-5,10-11,16H2,1-3H3,(H,29,30). The Morgan fingerprint density at radius 1 is 1.14 bits per heavy atom. The van der Waals surface area contributed by atoms with Crippen LogP contribution in [0, 0.1) is 5.82 Å². The minimum Gasteiger partial charge on any atom is -0.497 e. The molecule has 0 atom stereocenters. The minimum atomic E-state index is -0.411. The predicted molar refractivity (Wildman–Crippen MR) is 133 cm³/mol. The molecular formula is C26H28FN5O3. The highest BCUT2D eigenvalue weighted by atomic mass is 19.1. The number of halogens is 1. The molecule has 0 radical (unpaired) electrons. The average Bonchev–Trinajstić information content (AvgIpc) is 3.26. The summed E-state index contributed by atoms with van der Waals surface area (Å²) in [5, 5.41) is 7.88. The lowest BCUT2D eigenvalue weighted by molar-refractivity contribution is 0.172. The SMILES string of the molecule is CCCc1cnn2c(N(C)Cc3ccc(OC)cc3)cc(Nc3cc(F)cc4c3OCCO4)nc12. The van der Waals surface area contributed by atoms with Crippen LogP contribution in [0.15, 0.2) is 48.7 Å². The van der Waals surface area contributed by atoms with Crippen molar-refractivity contribution in [3.05, 3.63) is 65.6 Å². The lowest BCUT2D eigenvalue weighted by Crippen LogP contribution is -2.20. The van der Waals surface area contributed by atoms with Crippen LogP contribution in [0.5, 0.6) is 17.2 Å². The molecule has 0 bridgehead atoms. The van der Waals surface area contributed by atoms with Gasteiger partial charge in [-0.05, 0) is 24.1 Å². The smallest absolute Gasteiger partial charge is 0.185 e. The summed E-state index contributed by atoms with van der Waals surface area (Å²) in [6.07, 6.45) is 3.69. The molecule has 8 nitrogen and oxygen atoms in total. The van der Waals surface area contributed by atoms with E-state index < -0.39 is 5.82 Å². The van der Waals surface area contributed by atoms with Crippen molar-refractivity contribution in [2.45, 2.75) is 26.3 Å². The molecule has 0 spiro atoms. The fourth-order valence-corrected chi connectivity index (χ4v) is 4.21. The minimum absolute atomic E-state index is 0.382. The highest BCUT2D eigenvalue weighted by Crippen LogP contribution is 2.40. The maximum Gasteiger partial charge on any atom is 0.185 e. The van der Waals surface area contributed by atoms with E-state index in [-0.39, 0.29) is 0 Å².